The highest BCUT2D eigenvalue weighted by Gasteiger charge is 2.31. The third-order valence-electron chi connectivity index (χ3n) is 5.32. The number of nitrogens with zero attached hydrogens (tertiary/aromatic N) is 1. The Hall–Kier alpha value is -1.40. The second-order valence-corrected chi connectivity index (χ2v) is 9.70. The van der Waals surface area contributed by atoms with Crippen LogP contribution in [0.1, 0.15) is 46.0 Å². The van der Waals surface area contributed by atoms with E-state index in [4.69, 9.17) is 0 Å². The molecule has 1 heterocycles. The van der Waals surface area contributed by atoms with Crippen LogP contribution in [-0.2, 0) is 14.8 Å². The zero-order valence-corrected chi connectivity index (χ0v) is 15.9. The molecule has 0 aromatic heterocycles. The Kier molecular flexibility index (Phi) is 5.49. The molecular weight excluding hydrogens is 336 g/mol. The lowest BCUT2D eigenvalue weighted by atomic mass is 9.94. The smallest absolute Gasteiger partial charge is 0.243 e. The molecule has 0 spiro atoms. The zero-order valence-electron chi connectivity index (χ0n) is 15.1. The van der Waals surface area contributed by atoms with E-state index in [1.54, 1.807) is 28.6 Å². The Labute approximate surface area is 150 Å². The van der Waals surface area contributed by atoms with Gasteiger partial charge in [0.1, 0.15) is 0 Å². The quantitative estimate of drug-likeness (QED) is 0.889. The minimum Gasteiger partial charge on any atom is -0.326 e. The summed E-state index contributed by atoms with van der Waals surface area (Å²) in [6, 6.07) is 6.58. The van der Waals surface area contributed by atoms with Crippen LogP contribution in [0.2, 0.25) is 0 Å². The first-order valence-corrected chi connectivity index (χ1v) is 10.7. The number of rotatable bonds is 4. The Bertz CT molecular complexity index is 699. The van der Waals surface area contributed by atoms with Crippen LogP contribution in [0.25, 0.3) is 0 Å². The van der Waals surface area contributed by atoms with E-state index in [1.165, 1.54) is 0 Å². The van der Waals surface area contributed by atoms with Crippen molar-refractivity contribution in [3.05, 3.63) is 24.3 Å². The van der Waals surface area contributed by atoms with Crippen LogP contribution in [0, 0.1) is 17.8 Å². The first kappa shape index (κ1) is 18.4. The lowest BCUT2D eigenvalue weighted by Gasteiger charge is -2.34. The molecule has 25 heavy (non-hydrogen) atoms. The minimum absolute atomic E-state index is 0.0480. The minimum atomic E-state index is -3.47. The molecule has 1 aliphatic heterocycles. The summed E-state index contributed by atoms with van der Waals surface area (Å²) in [6.07, 6.45) is 5.19. The second kappa shape index (κ2) is 7.46. The summed E-state index contributed by atoms with van der Waals surface area (Å²) in [4.78, 5) is 12.5. The molecule has 0 radical (unpaired) electrons. The van der Waals surface area contributed by atoms with Crippen LogP contribution in [0.3, 0.4) is 0 Å². The maximum Gasteiger partial charge on any atom is 0.243 e. The fourth-order valence-corrected chi connectivity index (χ4v) is 5.77. The van der Waals surface area contributed by atoms with Crippen molar-refractivity contribution in [3.8, 4) is 0 Å². The number of benzene rings is 1. The van der Waals surface area contributed by atoms with Gasteiger partial charge < -0.3 is 5.32 Å². The van der Waals surface area contributed by atoms with Gasteiger partial charge in [0.05, 0.1) is 4.90 Å². The molecule has 5 nitrogen and oxygen atoms in total. The fraction of sp³-hybridized carbons (Fsp3) is 0.632. The molecule has 2 atom stereocenters. The van der Waals surface area contributed by atoms with Gasteiger partial charge in [-0.05, 0) is 55.4 Å². The van der Waals surface area contributed by atoms with Gasteiger partial charge in [-0.15, -0.1) is 0 Å². The summed E-state index contributed by atoms with van der Waals surface area (Å²) < 4.78 is 27.3. The highest BCUT2D eigenvalue weighted by atomic mass is 32.2. The average molecular weight is 365 g/mol. The number of carbonyl (C=O) groups excluding carboxylic acids is 1. The number of nitrogens with one attached hydrogen (secondary N) is 1. The molecule has 2 unspecified atom stereocenters. The van der Waals surface area contributed by atoms with Crippen LogP contribution in [0.4, 0.5) is 5.69 Å². The number of anilines is 1. The predicted octanol–water partition coefficient (Wildman–Crippen LogP) is 3.48. The van der Waals surface area contributed by atoms with Gasteiger partial charge in [0.25, 0.3) is 0 Å². The zero-order chi connectivity index (χ0) is 18.0. The topological polar surface area (TPSA) is 66.5 Å². The van der Waals surface area contributed by atoms with Crippen LogP contribution < -0.4 is 5.32 Å². The molecule has 1 saturated heterocycles. The van der Waals surface area contributed by atoms with E-state index in [9.17, 15) is 13.2 Å². The van der Waals surface area contributed by atoms with Gasteiger partial charge in [-0.25, -0.2) is 8.42 Å². The molecule has 1 aliphatic carbocycles. The maximum atomic E-state index is 12.9. The van der Waals surface area contributed by atoms with Crippen molar-refractivity contribution < 1.29 is 13.2 Å². The summed E-state index contributed by atoms with van der Waals surface area (Å²) in [5.74, 6) is 0.901. The van der Waals surface area contributed by atoms with Gasteiger partial charge in [0.15, 0.2) is 0 Å². The van der Waals surface area contributed by atoms with Gasteiger partial charge in [-0.1, -0.05) is 26.7 Å². The van der Waals surface area contributed by atoms with Crippen molar-refractivity contribution in [2.75, 3.05) is 18.4 Å². The number of amides is 1. The summed E-state index contributed by atoms with van der Waals surface area (Å²) in [5, 5.41) is 2.91. The van der Waals surface area contributed by atoms with E-state index in [2.05, 4.69) is 19.2 Å². The Morgan fingerprint density at radius 1 is 1.04 bits per heavy atom. The normalized spacial score (nSPS) is 25.8. The summed E-state index contributed by atoms with van der Waals surface area (Å²) in [7, 11) is -3.47. The van der Waals surface area contributed by atoms with Crippen molar-refractivity contribution in [2.24, 2.45) is 17.8 Å². The highest BCUT2D eigenvalue weighted by Crippen LogP contribution is 2.28. The van der Waals surface area contributed by atoms with Gasteiger partial charge in [-0.3, -0.25) is 4.79 Å². The van der Waals surface area contributed by atoms with E-state index < -0.39 is 10.0 Å². The van der Waals surface area contributed by atoms with Crippen molar-refractivity contribution >= 4 is 21.6 Å². The molecule has 3 rings (SSSR count). The molecule has 6 heteroatoms. The largest absolute Gasteiger partial charge is 0.326 e. The molecule has 1 N–H and O–H groups in total. The molecular formula is C19H28N2O3S. The molecule has 0 bridgehead atoms. The third-order valence-corrected chi connectivity index (χ3v) is 7.17. The number of piperidine rings is 1. The van der Waals surface area contributed by atoms with Crippen LogP contribution in [0.15, 0.2) is 29.2 Å². The number of sulfonamides is 1. The van der Waals surface area contributed by atoms with Crippen LogP contribution in [0.5, 0.6) is 0 Å². The molecule has 1 aromatic carbocycles. The molecule has 1 amide bonds. The highest BCUT2D eigenvalue weighted by molar-refractivity contribution is 7.89. The number of hydrogen-bond acceptors (Lipinski definition) is 3. The Morgan fingerprint density at radius 3 is 2.16 bits per heavy atom. The van der Waals surface area contributed by atoms with E-state index in [1.807, 2.05) is 0 Å². The van der Waals surface area contributed by atoms with Gasteiger partial charge in [0.2, 0.25) is 15.9 Å². The van der Waals surface area contributed by atoms with Crippen molar-refractivity contribution in [1.29, 1.82) is 0 Å². The maximum absolute atomic E-state index is 12.9. The standard InChI is InChI=1S/C19H28N2O3S/c1-14-11-15(2)13-21(12-14)25(23,24)18-9-7-17(8-10-18)20-19(22)16-5-3-4-6-16/h7-10,14-16H,3-6,11-13H2,1-2H3,(H,20,22). The second-order valence-electron chi connectivity index (χ2n) is 7.76. The Balaban J connectivity index is 1.69. The third kappa shape index (κ3) is 4.23. The van der Waals surface area contributed by atoms with Crippen molar-refractivity contribution in [1.82, 2.24) is 4.31 Å². The van der Waals surface area contributed by atoms with Crippen LogP contribution >= 0.6 is 0 Å². The van der Waals surface area contributed by atoms with E-state index >= 15 is 0 Å². The Morgan fingerprint density at radius 2 is 1.60 bits per heavy atom. The molecule has 138 valence electrons. The average Bonchev–Trinajstić information content (AvgIpc) is 3.09. The molecule has 2 aliphatic rings. The summed E-state index contributed by atoms with van der Waals surface area (Å²) in [6.45, 7) is 5.35. The van der Waals surface area contributed by atoms with Crippen molar-refractivity contribution in [2.45, 2.75) is 50.8 Å². The number of carbonyl (C=O) groups is 1. The monoisotopic (exact) mass is 364 g/mol. The van der Waals surface area contributed by atoms with Crippen molar-refractivity contribution in [3.63, 3.8) is 0 Å². The molecule has 1 saturated carbocycles. The molecule has 1 aromatic rings. The van der Waals surface area contributed by atoms with Gasteiger partial charge >= 0.3 is 0 Å². The summed E-state index contributed by atoms with van der Waals surface area (Å²) >= 11 is 0. The van der Waals surface area contributed by atoms with Gasteiger partial charge in [-0.2, -0.15) is 4.31 Å². The van der Waals surface area contributed by atoms with E-state index in [0.29, 0.717) is 35.5 Å². The van der Waals surface area contributed by atoms with Crippen LogP contribution in [-0.4, -0.2) is 31.7 Å². The van der Waals surface area contributed by atoms with E-state index in [0.717, 1.165) is 32.1 Å². The SMILES string of the molecule is CC1CC(C)CN(S(=O)(=O)c2ccc(NC(=O)C3CCCC3)cc2)C1. The first-order chi connectivity index (χ1) is 11.9. The molecule has 2 fully saturated rings. The summed E-state index contributed by atoms with van der Waals surface area (Å²) in [5.41, 5.74) is 0.663. The lowest BCUT2D eigenvalue weighted by molar-refractivity contribution is -0.119. The predicted molar refractivity (Wildman–Crippen MR) is 98.7 cm³/mol. The first-order valence-electron chi connectivity index (χ1n) is 9.27. The van der Waals surface area contributed by atoms with Gasteiger partial charge in [0, 0.05) is 24.7 Å². The lowest BCUT2D eigenvalue weighted by Crippen LogP contribution is -2.42. The van der Waals surface area contributed by atoms with E-state index in [-0.39, 0.29) is 11.8 Å². The number of hydrogen-bond donors (Lipinski definition) is 1. The fourth-order valence-electron chi connectivity index (χ4n) is 4.09.